The van der Waals surface area contributed by atoms with Crippen molar-refractivity contribution in [3.05, 3.63) is 64.3 Å². The maximum absolute atomic E-state index is 12.6. The Morgan fingerprint density at radius 1 is 1.21 bits per heavy atom. The molecule has 3 aromatic rings. The van der Waals surface area contributed by atoms with E-state index in [1.807, 2.05) is 25.1 Å². The highest BCUT2D eigenvalue weighted by molar-refractivity contribution is 6.31. The Hall–Kier alpha value is -2.54. The van der Waals surface area contributed by atoms with Crippen LogP contribution in [-0.2, 0) is 12.8 Å². The average Bonchev–Trinajstić information content (AvgIpc) is 3.00. The first-order valence-electron chi connectivity index (χ1n) is 9.32. The number of imidazole rings is 1. The number of pyridine rings is 1. The van der Waals surface area contributed by atoms with Crippen molar-refractivity contribution in [1.29, 1.82) is 0 Å². The minimum atomic E-state index is -4.40. The van der Waals surface area contributed by atoms with E-state index in [1.165, 1.54) is 12.5 Å². The molecule has 2 aromatic heterocycles. The SMILES string of the molecule is Cc1cc(-c2nc(C3CCC3)[nH]c2Cl)ccc1OCc1ccc(C(F)(F)F)cn1. The quantitative estimate of drug-likeness (QED) is 0.526. The van der Waals surface area contributed by atoms with Gasteiger partial charge >= 0.3 is 6.18 Å². The number of hydrogen-bond acceptors (Lipinski definition) is 3. The molecule has 2 heterocycles. The standard InChI is InChI=1S/C21H19ClF3N3O/c1-12-9-14(18-19(22)28-20(27-18)13-3-2-4-13)5-8-17(12)29-11-16-7-6-15(10-26-16)21(23,24)25/h5-10,13H,2-4,11H2,1H3,(H,27,28). The Labute approximate surface area is 171 Å². The lowest BCUT2D eigenvalue weighted by Crippen LogP contribution is -2.10. The molecule has 0 spiro atoms. The minimum absolute atomic E-state index is 0.0767. The number of nitrogens with zero attached hydrogens (tertiary/aromatic N) is 2. The predicted octanol–water partition coefficient (Wildman–Crippen LogP) is 6.30. The molecule has 0 saturated heterocycles. The van der Waals surface area contributed by atoms with Crippen molar-refractivity contribution in [2.24, 2.45) is 0 Å². The number of H-pyrrole nitrogens is 1. The van der Waals surface area contributed by atoms with Gasteiger partial charge in [0.25, 0.3) is 0 Å². The zero-order valence-electron chi connectivity index (χ0n) is 15.7. The van der Waals surface area contributed by atoms with Gasteiger partial charge in [0.05, 0.1) is 11.3 Å². The summed E-state index contributed by atoms with van der Waals surface area (Å²) in [5.74, 6) is 2.02. The Balaban J connectivity index is 1.46. The fourth-order valence-electron chi connectivity index (χ4n) is 3.22. The number of halogens is 4. The highest BCUT2D eigenvalue weighted by Crippen LogP contribution is 2.38. The van der Waals surface area contributed by atoms with Crippen LogP contribution in [0.1, 0.15) is 47.8 Å². The van der Waals surface area contributed by atoms with Crippen LogP contribution in [0.25, 0.3) is 11.3 Å². The second-order valence-corrected chi connectivity index (χ2v) is 7.60. The third-order valence-corrected chi connectivity index (χ3v) is 5.42. The van der Waals surface area contributed by atoms with E-state index >= 15 is 0 Å². The lowest BCUT2D eigenvalue weighted by Gasteiger charge is -2.22. The van der Waals surface area contributed by atoms with E-state index in [-0.39, 0.29) is 6.61 Å². The van der Waals surface area contributed by atoms with E-state index in [1.54, 1.807) is 0 Å². The first kappa shape index (κ1) is 19.8. The van der Waals surface area contributed by atoms with Crippen LogP contribution in [0.3, 0.4) is 0 Å². The summed E-state index contributed by atoms with van der Waals surface area (Å²) in [4.78, 5) is 11.7. The van der Waals surface area contributed by atoms with Gasteiger partial charge < -0.3 is 9.72 Å². The maximum Gasteiger partial charge on any atom is 0.417 e. The summed E-state index contributed by atoms with van der Waals surface area (Å²) in [6.45, 7) is 1.97. The molecular weight excluding hydrogens is 403 g/mol. The van der Waals surface area contributed by atoms with Crippen LogP contribution in [0.2, 0.25) is 5.15 Å². The summed E-state index contributed by atoms with van der Waals surface area (Å²) < 4.78 is 43.6. The molecule has 152 valence electrons. The lowest BCUT2D eigenvalue weighted by molar-refractivity contribution is -0.137. The molecule has 0 bridgehead atoms. The molecule has 0 unspecified atom stereocenters. The zero-order valence-corrected chi connectivity index (χ0v) is 16.4. The number of aromatic amines is 1. The van der Waals surface area contributed by atoms with E-state index in [9.17, 15) is 13.2 Å². The number of nitrogens with one attached hydrogen (secondary N) is 1. The van der Waals surface area contributed by atoms with Crippen LogP contribution in [0, 0.1) is 6.92 Å². The molecular formula is C21H19ClF3N3O. The largest absolute Gasteiger partial charge is 0.487 e. The number of aryl methyl sites for hydroxylation is 1. The van der Waals surface area contributed by atoms with Crippen LogP contribution in [0.5, 0.6) is 5.75 Å². The number of benzene rings is 1. The van der Waals surface area contributed by atoms with Crippen molar-refractivity contribution in [2.75, 3.05) is 0 Å². The summed E-state index contributed by atoms with van der Waals surface area (Å²) in [5.41, 5.74) is 2.11. The van der Waals surface area contributed by atoms with Crippen molar-refractivity contribution in [1.82, 2.24) is 15.0 Å². The third kappa shape index (κ3) is 4.24. The summed E-state index contributed by atoms with van der Waals surface area (Å²) in [7, 11) is 0. The fourth-order valence-corrected chi connectivity index (χ4v) is 3.47. The molecule has 1 saturated carbocycles. The van der Waals surface area contributed by atoms with Crippen molar-refractivity contribution in [2.45, 2.75) is 44.9 Å². The van der Waals surface area contributed by atoms with Crippen LogP contribution < -0.4 is 4.74 Å². The molecule has 0 aliphatic heterocycles. The number of hydrogen-bond donors (Lipinski definition) is 1. The molecule has 29 heavy (non-hydrogen) atoms. The molecule has 0 radical (unpaired) electrons. The second kappa shape index (κ2) is 7.71. The van der Waals surface area contributed by atoms with Gasteiger partial charge in [-0.3, -0.25) is 4.98 Å². The summed E-state index contributed by atoms with van der Waals surface area (Å²) >= 11 is 6.35. The Kier molecular flexibility index (Phi) is 5.25. The average molecular weight is 422 g/mol. The molecule has 1 aliphatic carbocycles. The molecule has 4 rings (SSSR count). The van der Waals surface area contributed by atoms with Gasteiger partial charge in [-0.15, -0.1) is 0 Å². The summed E-state index contributed by atoms with van der Waals surface area (Å²) in [6.07, 6.45) is -0.101. The molecule has 0 atom stereocenters. The smallest absolute Gasteiger partial charge is 0.417 e. The van der Waals surface area contributed by atoms with Gasteiger partial charge in [0.2, 0.25) is 0 Å². The van der Waals surface area contributed by atoms with Gasteiger partial charge in [0.15, 0.2) is 0 Å². The Bertz CT molecular complexity index is 1010. The van der Waals surface area contributed by atoms with Crippen molar-refractivity contribution >= 4 is 11.6 Å². The molecule has 1 aromatic carbocycles. The predicted molar refractivity (Wildman–Crippen MR) is 104 cm³/mol. The highest BCUT2D eigenvalue weighted by Gasteiger charge is 2.30. The van der Waals surface area contributed by atoms with E-state index in [0.29, 0.717) is 28.2 Å². The minimum Gasteiger partial charge on any atom is -0.487 e. The summed E-state index contributed by atoms with van der Waals surface area (Å²) in [6, 6.07) is 7.93. The van der Waals surface area contributed by atoms with Gasteiger partial charge in [-0.05, 0) is 55.7 Å². The lowest BCUT2D eigenvalue weighted by atomic mass is 9.85. The Morgan fingerprint density at radius 3 is 2.59 bits per heavy atom. The normalized spacial score (nSPS) is 14.7. The van der Waals surface area contributed by atoms with Crippen LogP contribution in [-0.4, -0.2) is 15.0 Å². The first-order valence-corrected chi connectivity index (χ1v) is 9.70. The first-order chi connectivity index (χ1) is 13.8. The topological polar surface area (TPSA) is 50.8 Å². The molecule has 1 fully saturated rings. The molecule has 1 N–H and O–H groups in total. The number of rotatable bonds is 5. The molecule has 1 aliphatic rings. The number of aromatic nitrogens is 3. The zero-order chi connectivity index (χ0) is 20.6. The monoisotopic (exact) mass is 421 g/mol. The fraction of sp³-hybridized carbons (Fsp3) is 0.333. The van der Waals surface area contributed by atoms with Crippen LogP contribution in [0.15, 0.2) is 36.5 Å². The van der Waals surface area contributed by atoms with Gasteiger partial charge in [0, 0.05) is 17.7 Å². The highest BCUT2D eigenvalue weighted by atomic mass is 35.5. The van der Waals surface area contributed by atoms with Gasteiger partial charge in [-0.2, -0.15) is 13.2 Å². The molecule has 4 nitrogen and oxygen atoms in total. The van der Waals surface area contributed by atoms with E-state index < -0.39 is 11.7 Å². The molecule has 0 amide bonds. The summed E-state index contributed by atoms with van der Waals surface area (Å²) in [5, 5.41) is 0.522. The maximum atomic E-state index is 12.6. The van der Waals surface area contributed by atoms with Crippen molar-refractivity contribution in [3.8, 4) is 17.0 Å². The van der Waals surface area contributed by atoms with E-state index in [4.69, 9.17) is 16.3 Å². The Morgan fingerprint density at radius 2 is 2.00 bits per heavy atom. The van der Waals surface area contributed by atoms with Crippen LogP contribution in [0.4, 0.5) is 13.2 Å². The van der Waals surface area contributed by atoms with Crippen molar-refractivity contribution < 1.29 is 17.9 Å². The number of alkyl halides is 3. The van der Waals surface area contributed by atoms with Crippen LogP contribution >= 0.6 is 11.6 Å². The third-order valence-electron chi connectivity index (χ3n) is 5.15. The van der Waals surface area contributed by atoms with Gasteiger partial charge in [-0.25, -0.2) is 4.98 Å². The number of ether oxygens (including phenoxy) is 1. The second-order valence-electron chi connectivity index (χ2n) is 7.22. The van der Waals surface area contributed by atoms with Gasteiger partial charge in [-0.1, -0.05) is 18.0 Å². The van der Waals surface area contributed by atoms with Gasteiger partial charge in [0.1, 0.15) is 29.0 Å². The van der Waals surface area contributed by atoms with E-state index in [2.05, 4.69) is 15.0 Å². The molecule has 8 heteroatoms. The van der Waals surface area contributed by atoms with Crippen molar-refractivity contribution in [3.63, 3.8) is 0 Å². The van der Waals surface area contributed by atoms with E-state index in [0.717, 1.165) is 42.1 Å².